The maximum Gasteiger partial charge on any atom is 0.140 e. The standard InChI is InChI=1S/C18H18FN5/c19-14-4-3-5-15-17(14)18(23-12-22-15)21-11-13-6-7-16(20-10-13)24-8-1-2-9-24/h3-7,10,12H,1-2,8-9,11H2,(H,21,22,23). The summed E-state index contributed by atoms with van der Waals surface area (Å²) in [6.07, 6.45) is 5.77. The molecule has 24 heavy (non-hydrogen) atoms. The zero-order valence-corrected chi connectivity index (χ0v) is 13.2. The van der Waals surface area contributed by atoms with Gasteiger partial charge in [0.05, 0.1) is 10.9 Å². The average molecular weight is 323 g/mol. The number of fused-ring (bicyclic) bond motifs is 1. The number of benzene rings is 1. The van der Waals surface area contributed by atoms with Crippen molar-refractivity contribution < 1.29 is 4.39 Å². The van der Waals surface area contributed by atoms with Crippen molar-refractivity contribution in [2.75, 3.05) is 23.3 Å². The van der Waals surface area contributed by atoms with Crippen LogP contribution in [0.5, 0.6) is 0 Å². The molecule has 1 aliphatic heterocycles. The van der Waals surface area contributed by atoms with E-state index in [0.29, 0.717) is 23.3 Å². The van der Waals surface area contributed by atoms with E-state index >= 15 is 0 Å². The maximum absolute atomic E-state index is 14.1. The topological polar surface area (TPSA) is 53.9 Å². The quantitative estimate of drug-likeness (QED) is 0.798. The molecule has 0 atom stereocenters. The van der Waals surface area contributed by atoms with Crippen LogP contribution in [0.3, 0.4) is 0 Å². The highest BCUT2D eigenvalue weighted by atomic mass is 19.1. The SMILES string of the molecule is Fc1cccc2ncnc(NCc3ccc(N4CCCC4)nc3)c12. The number of halogens is 1. The van der Waals surface area contributed by atoms with Gasteiger partial charge in [0.15, 0.2) is 0 Å². The summed E-state index contributed by atoms with van der Waals surface area (Å²) >= 11 is 0. The molecule has 0 unspecified atom stereocenters. The van der Waals surface area contributed by atoms with Gasteiger partial charge in [-0.15, -0.1) is 0 Å². The van der Waals surface area contributed by atoms with Crippen LogP contribution in [-0.4, -0.2) is 28.0 Å². The fourth-order valence-electron chi connectivity index (χ4n) is 3.04. The molecule has 0 radical (unpaired) electrons. The summed E-state index contributed by atoms with van der Waals surface area (Å²) in [6, 6.07) is 8.94. The Labute approximate surface area is 139 Å². The van der Waals surface area contributed by atoms with Crippen LogP contribution in [0.2, 0.25) is 0 Å². The Kier molecular flexibility index (Phi) is 3.94. The second-order valence-electron chi connectivity index (χ2n) is 5.93. The van der Waals surface area contributed by atoms with E-state index in [-0.39, 0.29) is 5.82 Å². The van der Waals surface area contributed by atoms with E-state index in [0.717, 1.165) is 24.5 Å². The first kappa shape index (κ1) is 14.8. The Morgan fingerprint density at radius 3 is 2.71 bits per heavy atom. The van der Waals surface area contributed by atoms with Gasteiger partial charge in [0.1, 0.15) is 23.8 Å². The molecule has 122 valence electrons. The third-order valence-electron chi connectivity index (χ3n) is 4.31. The van der Waals surface area contributed by atoms with Gasteiger partial charge >= 0.3 is 0 Å². The minimum absolute atomic E-state index is 0.321. The molecule has 0 bridgehead atoms. The van der Waals surface area contributed by atoms with Crippen molar-refractivity contribution in [3.8, 4) is 0 Å². The molecule has 1 aliphatic rings. The summed E-state index contributed by atoms with van der Waals surface area (Å²) in [4.78, 5) is 15.1. The number of nitrogens with zero attached hydrogens (tertiary/aromatic N) is 4. The van der Waals surface area contributed by atoms with E-state index in [1.165, 1.54) is 25.2 Å². The Balaban J connectivity index is 1.51. The maximum atomic E-state index is 14.1. The first-order chi connectivity index (χ1) is 11.8. The molecular formula is C18H18FN5. The highest BCUT2D eigenvalue weighted by Crippen LogP contribution is 2.23. The number of hydrogen-bond acceptors (Lipinski definition) is 5. The van der Waals surface area contributed by atoms with Gasteiger partial charge in [-0.1, -0.05) is 12.1 Å². The third kappa shape index (κ3) is 2.87. The van der Waals surface area contributed by atoms with Gasteiger partial charge in [-0.05, 0) is 36.6 Å². The Bertz CT molecular complexity index is 838. The molecular weight excluding hydrogens is 305 g/mol. The summed E-state index contributed by atoms with van der Waals surface area (Å²) in [5, 5.41) is 3.61. The van der Waals surface area contributed by atoms with Crippen molar-refractivity contribution in [3.63, 3.8) is 0 Å². The van der Waals surface area contributed by atoms with Crippen molar-refractivity contribution >= 4 is 22.5 Å². The lowest BCUT2D eigenvalue weighted by molar-refractivity contribution is 0.639. The highest BCUT2D eigenvalue weighted by molar-refractivity contribution is 5.89. The first-order valence-electron chi connectivity index (χ1n) is 8.14. The Morgan fingerprint density at radius 1 is 1.04 bits per heavy atom. The van der Waals surface area contributed by atoms with Crippen LogP contribution < -0.4 is 10.2 Å². The molecule has 2 aromatic heterocycles. The number of aromatic nitrogens is 3. The molecule has 5 nitrogen and oxygen atoms in total. The number of anilines is 2. The summed E-state index contributed by atoms with van der Waals surface area (Å²) < 4.78 is 14.1. The predicted octanol–water partition coefficient (Wildman–Crippen LogP) is 3.38. The summed E-state index contributed by atoms with van der Waals surface area (Å²) in [5.41, 5.74) is 1.62. The van der Waals surface area contributed by atoms with E-state index in [9.17, 15) is 4.39 Å². The van der Waals surface area contributed by atoms with Crippen LogP contribution >= 0.6 is 0 Å². The predicted molar refractivity (Wildman–Crippen MR) is 92.5 cm³/mol. The van der Waals surface area contributed by atoms with E-state index in [1.54, 1.807) is 12.1 Å². The van der Waals surface area contributed by atoms with Crippen molar-refractivity contribution in [2.45, 2.75) is 19.4 Å². The minimum Gasteiger partial charge on any atom is -0.365 e. The first-order valence-corrected chi connectivity index (χ1v) is 8.14. The van der Waals surface area contributed by atoms with E-state index in [4.69, 9.17) is 0 Å². The fraction of sp³-hybridized carbons (Fsp3) is 0.278. The lowest BCUT2D eigenvalue weighted by Gasteiger charge is -2.16. The number of nitrogens with one attached hydrogen (secondary N) is 1. The average Bonchev–Trinajstić information content (AvgIpc) is 3.15. The Morgan fingerprint density at radius 2 is 1.92 bits per heavy atom. The molecule has 1 aromatic carbocycles. The number of rotatable bonds is 4. The van der Waals surface area contributed by atoms with Crippen LogP contribution in [0, 0.1) is 5.82 Å². The molecule has 3 aromatic rings. The molecule has 1 fully saturated rings. The molecule has 0 amide bonds. The Hall–Kier alpha value is -2.76. The third-order valence-corrected chi connectivity index (χ3v) is 4.31. The van der Waals surface area contributed by atoms with E-state index in [2.05, 4.69) is 25.2 Å². The molecule has 1 saturated heterocycles. The number of pyridine rings is 1. The zero-order valence-electron chi connectivity index (χ0n) is 13.2. The molecule has 0 aliphatic carbocycles. The van der Waals surface area contributed by atoms with Crippen molar-refractivity contribution in [1.82, 2.24) is 15.0 Å². The minimum atomic E-state index is -0.321. The van der Waals surface area contributed by atoms with Crippen LogP contribution in [-0.2, 0) is 6.54 Å². The molecule has 0 spiro atoms. The van der Waals surface area contributed by atoms with Gasteiger partial charge < -0.3 is 10.2 Å². The second-order valence-corrected chi connectivity index (χ2v) is 5.93. The van der Waals surface area contributed by atoms with Gasteiger partial charge in [0.25, 0.3) is 0 Å². The molecule has 4 rings (SSSR count). The molecule has 3 heterocycles. The summed E-state index contributed by atoms with van der Waals surface area (Å²) in [5.74, 6) is 1.20. The summed E-state index contributed by atoms with van der Waals surface area (Å²) in [7, 11) is 0. The van der Waals surface area contributed by atoms with Gasteiger partial charge in [0.2, 0.25) is 0 Å². The normalized spacial score (nSPS) is 14.3. The van der Waals surface area contributed by atoms with Gasteiger partial charge in [-0.3, -0.25) is 0 Å². The molecule has 6 heteroatoms. The zero-order chi connectivity index (χ0) is 16.4. The highest BCUT2D eigenvalue weighted by Gasteiger charge is 2.13. The largest absolute Gasteiger partial charge is 0.365 e. The van der Waals surface area contributed by atoms with E-state index < -0.39 is 0 Å². The lowest BCUT2D eigenvalue weighted by atomic mass is 10.2. The lowest BCUT2D eigenvalue weighted by Crippen LogP contribution is -2.18. The monoisotopic (exact) mass is 323 g/mol. The fourth-order valence-corrected chi connectivity index (χ4v) is 3.04. The van der Waals surface area contributed by atoms with Crippen LogP contribution in [0.4, 0.5) is 16.0 Å². The summed E-state index contributed by atoms with van der Waals surface area (Å²) in [6.45, 7) is 2.70. The van der Waals surface area contributed by atoms with Gasteiger partial charge in [-0.25, -0.2) is 19.3 Å². The van der Waals surface area contributed by atoms with Gasteiger partial charge in [-0.2, -0.15) is 0 Å². The number of hydrogen-bond donors (Lipinski definition) is 1. The molecule has 1 N–H and O–H groups in total. The van der Waals surface area contributed by atoms with Crippen molar-refractivity contribution in [3.05, 3.63) is 54.2 Å². The van der Waals surface area contributed by atoms with Crippen LogP contribution in [0.15, 0.2) is 42.9 Å². The smallest absolute Gasteiger partial charge is 0.140 e. The molecule has 0 saturated carbocycles. The van der Waals surface area contributed by atoms with Gasteiger partial charge in [0, 0.05) is 25.8 Å². The van der Waals surface area contributed by atoms with Crippen LogP contribution in [0.1, 0.15) is 18.4 Å². The van der Waals surface area contributed by atoms with Crippen LogP contribution in [0.25, 0.3) is 10.9 Å². The van der Waals surface area contributed by atoms with Crippen molar-refractivity contribution in [1.29, 1.82) is 0 Å². The van der Waals surface area contributed by atoms with Crippen molar-refractivity contribution in [2.24, 2.45) is 0 Å². The van der Waals surface area contributed by atoms with E-state index in [1.807, 2.05) is 18.3 Å². The second kappa shape index (κ2) is 6.39.